The molecule has 2 aromatic heterocycles. The number of H-pyrrole nitrogens is 1. The quantitative estimate of drug-likeness (QED) is 0.266. The number of ketones is 1. The van der Waals surface area contributed by atoms with Gasteiger partial charge in [-0.1, -0.05) is 23.4 Å². The summed E-state index contributed by atoms with van der Waals surface area (Å²) in [4.78, 5) is 30.3. The summed E-state index contributed by atoms with van der Waals surface area (Å²) in [5.41, 5.74) is 2.92. The zero-order valence-electron chi connectivity index (χ0n) is 19.6. The maximum atomic E-state index is 13.1. The van der Waals surface area contributed by atoms with E-state index in [1.165, 1.54) is 11.8 Å². The van der Waals surface area contributed by atoms with Gasteiger partial charge in [0, 0.05) is 22.0 Å². The minimum absolute atomic E-state index is 0.000437. The van der Waals surface area contributed by atoms with Crippen LogP contribution in [0.3, 0.4) is 0 Å². The van der Waals surface area contributed by atoms with E-state index in [0.717, 1.165) is 11.5 Å². The van der Waals surface area contributed by atoms with Crippen molar-refractivity contribution >= 4 is 35.1 Å². The second-order valence-electron chi connectivity index (χ2n) is 7.85. The lowest BCUT2D eigenvalue weighted by atomic mass is 10.1. The van der Waals surface area contributed by atoms with E-state index in [0.29, 0.717) is 32.7 Å². The first-order chi connectivity index (χ1) is 15.6. The van der Waals surface area contributed by atoms with Crippen molar-refractivity contribution in [1.29, 1.82) is 0 Å². The summed E-state index contributed by atoms with van der Waals surface area (Å²) < 4.78 is 7.03. The number of carbonyl (C=O) groups is 2. The summed E-state index contributed by atoms with van der Waals surface area (Å²) in [6, 6.07) is 7.42. The molecule has 33 heavy (non-hydrogen) atoms. The van der Waals surface area contributed by atoms with Gasteiger partial charge in [0.1, 0.15) is 5.69 Å². The van der Waals surface area contributed by atoms with Crippen LogP contribution in [-0.4, -0.2) is 62.9 Å². The first kappa shape index (κ1) is 25.0. The lowest BCUT2D eigenvalue weighted by Gasteiger charge is -2.20. The van der Waals surface area contributed by atoms with Gasteiger partial charge in [0.2, 0.25) is 0 Å². The van der Waals surface area contributed by atoms with E-state index in [-0.39, 0.29) is 24.2 Å². The summed E-state index contributed by atoms with van der Waals surface area (Å²) in [6.45, 7) is 7.58. The van der Waals surface area contributed by atoms with Crippen LogP contribution in [0.4, 0.5) is 0 Å². The fourth-order valence-electron chi connectivity index (χ4n) is 3.49. The van der Waals surface area contributed by atoms with Crippen molar-refractivity contribution in [2.45, 2.75) is 38.9 Å². The highest BCUT2D eigenvalue weighted by Gasteiger charge is 2.25. The molecule has 1 atom stereocenters. The fraction of sp³-hybridized carbons (Fsp3) is 0.391. The molecule has 0 saturated heterocycles. The molecule has 0 radical (unpaired) electrons. The van der Waals surface area contributed by atoms with Crippen molar-refractivity contribution < 1.29 is 14.3 Å². The smallest absolute Gasteiger partial charge is 0.355 e. The second-order valence-corrected chi connectivity index (χ2v) is 9.23. The fourth-order valence-corrected chi connectivity index (χ4v) is 4.44. The molecule has 0 saturated carbocycles. The molecule has 176 valence electrons. The van der Waals surface area contributed by atoms with Gasteiger partial charge in [-0.25, -0.2) is 4.79 Å². The number of carbonyl (C=O) groups excluding carboxylic acids is 2. The molecule has 3 aromatic rings. The molecule has 3 rings (SSSR count). The molecule has 1 N–H and O–H groups in total. The summed E-state index contributed by atoms with van der Waals surface area (Å²) in [6.07, 6.45) is 0. The van der Waals surface area contributed by atoms with E-state index < -0.39 is 5.97 Å². The van der Waals surface area contributed by atoms with Crippen molar-refractivity contribution in [3.8, 4) is 5.69 Å². The average molecular weight is 490 g/mol. The number of Topliss-reactive ketones (excluding diaryl/α,β-unsaturated/α-hetero) is 1. The zero-order chi connectivity index (χ0) is 24.3. The maximum Gasteiger partial charge on any atom is 0.355 e. The molecule has 0 amide bonds. The number of aromatic amines is 1. The average Bonchev–Trinajstić information content (AvgIpc) is 3.32. The van der Waals surface area contributed by atoms with Crippen LogP contribution in [0.2, 0.25) is 5.02 Å². The standard InChI is InChI=1S/C23H28ClN5O3S/c1-7-32-22(31)20-13(2)19(14(3)25-20)18(30)12-33-23-27-26-21(15(4)28(5)6)29(23)17-10-8-16(24)9-11-17/h8-11,15,25H,7,12H2,1-6H3. The highest BCUT2D eigenvalue weighted by atomic mass is 35.5. The van der Waals surface area contributed by atoms with Crippen LogP contribution in [0.5, 0.6) is 0 Å². The second kappa shape index (κ2) is 10.5. The van der Waals surface area contributed by atoms with Crippen LogP contribution in [0, 0.1) is 13.8 Å². The maximum absolute atomic E-state index is 13.1. The Hall–Kier alpha value is -2.62. The summed E-state index contributed by atoms with van der Waals surface area (Å²) in [5, 5.41) is 10.0. The van der Waals surface area contributed by atoms with Gasteiger partial charge in [-0.3, -0.25) is 14.3 Å². The number of aryl methyl sites for hydroxylation is 1. The van der Waals surface area contributed by atoms with Crippen molar-refractivity contribution in [2.75, 3.05) is 26.5 Å². The number of thioether (sulfide) groups is 1. The molecule has 1 unspecified atom stereocenters. The Morgan fingerprint density at radius 1 is 1.21 bits per heavy atom. The Bertz CT molecular complexity index is 1150. The number of ether oxygens (including phenoxy) is 1. The molecule has 10 heteroatoms. The van der Waals surface area contributed by atoms with Crippen LogP contribution >= 0.6 is 23.4 Å². The molecular formula is C23H28ClN5O3S. The third-order valence-corrected chi connectivity index (χ3v) is 6.60. The lowest BCUT2D eigenvalue weighted by molar-refractivity contribution is 0.0519. The van der Waals surface area contributed by atoms with Gasteiger partial charge in [-0.15, -0.1) is 10.2 Å². The first-order valence-corrected chi connectivity index (χ1v) is 11.9. The number of rotatable bonds is 9. The molecule has 0 fully saturated rings. The molecule has 0 aliphatic carbocycles. The van der Waals surface area contributed by atoms with Crippen LogP contribution in [0.15, 0.2) is 29.4 Å². The van der Waals surface area contributed by atoms with Gasteiger partial charge in [-0.05, 0) is 71.6 Å². The molecule has 0 aliphatic rings. The van der Waals surface area contributed by atoms with Crippen molar-refractivity contribution in [3.63, 3.8) is 0 Å². The van der Waals surface area contributed by atoms with Gasteiger partial charge in [-0.2, -0.15) is 0 Å². The predicted octanol–water partition coefficient (Wildman–Crippen LogP) is 4.64. The minimum Gasteiger partial charge on any atom is -0.461 e. The van der Waals surface area contributed by atoms with Crippen molar-refractivity contribution in [2.24, 2.45) is 0 Å². The van der Waals surface area contributed by atoms with E-state index in [9.17, 15) is 9.59 Å². The normalized spacial score (nSPS) is 12.2. The molecule has 1 aromatic carbocycles. The number of halogens is 1. The van der Waals surface area contributed by atoms with Crippen LogP contribution in [-0.2, 0) is 4.74 Å². The third kappa shape index (κ3) is 5.31. The summed E-state index contributed by atoms with van der Waals surface area (Å²) in [5.74, 6) is 0.337. The summed E-state index contributed by atoms with van der Waals surface area (Å²) >= 11 is 7.38. The van der Waals surface area contributed by atoms with Gasteiger partial charge in [0.25, 0.3) is 0 Å². The molecule has 8 nitrogen and oxygen atoms in total. The number of esters is 1. The van der Waals surface area contributed by atoms with E-state index >= 15 is 0 Å². The largest absolute Gasteiger partial charge is 0.461 e. The van der Waals surface area contributed by atoms with E-state index in [2.05, 4.69) is 15.2 Å². The third-order valence-electron chi connectivity index (χ3n) is 5.42. The number of aromatic nitrogens is 4. The highest BCUT2D eigenvalue weighted by molar-refractivity contribution is 7.99. The minimum atomic E-state index is -0.463. The summed E-state index contributed by atoms with van der Waals surface area (Å²) in [7, 11) is 3.95. The predicted molar refractivity (Wildman–Crippen MR) is 130 cm³/mol. The van der Waals surface area contributed by atoms with Gasteiger partial charge >= 0.3 is 5.97 Å². The molecule has 2 heterocycles. The Morgan fingerprint density at radius 2 is 1.88 bits per heavy atom. The Labute approximate surface area is 202 Å². The van der Waals surface area contributed by atoms with Crippen molar-refractivity contribution in [3.05, 3.63) is 57.6 Å². The Balaban J connectivity index is 1.90. The van der Waals surface area contributed by atoms with Gasteiger partial charge in [0.05, 0.1) is 18.4 Å². The number of nitrogens with one attached hydrogen (secondary N) is 1. The molecule has 0 aliphatic heterocycles. The van der Waals surface area contributed by atoms with E-state index in [4.69, 9.17) is 16.3 Å². The van der Waals surface area contributed by atoms with Gasteiger partial charge in [0.15, 0.2) is 16.8 Å². The lowest BCUT2D eigenvalue weighted by Crippen LogP contribution is -2.20. The van der Waals surface area contributed by atoms with Gasteiger partial charge < -0.3 is 9.72 Å². The zero-order valence-corrected chi connectivity index (χ0v) is 21.2. The Morgan fingerprint density at radius 3 is 2.48 bits per heavy atom. The van der Waals surface area contributed by atoms with Crippen LogP contribution in [0.25, 0.3) is 5.69 Å². The van der Waals surface area contributed by atoms with E-state index in [1.807, 2.05) is 54.8 Å². The van der Waals surface area contributed by atoms with Crippen LogP contribution < -0.4 is 0 Å². The number of benzene rings is 1. The van der Waals surface area contributed by atoms with Crippen molar-refractivity contribution in [1.82, 2.24) is 24.6 Å². The topological polar surface area (TPSA) is 93.1 Å². The SMILES string of the molecule is CCOC(=O)c1[nH]c(C)c(C(=O)CSc2nnc(C(C)N(C)C)n2-c2ccc(Cl)cc2)c1C. The molecular weight excluding hydrogens is 462 g/mol. The van der Waals surface area contributed by atoms with Crippen LogP contribution in [0.1, 0.15) is 57.8 Å². The molecule has 0 spiro atoms. The highest BCUT2D eigenvalue weighted by Crippen LogP contribution is 2.29. The monoisotopic (exact) mass is 489 g/mol. The number of hydrogen-bond acceptors (Lipinski definition) is 7. The first-order valence-electron chi connectivity index (χ1n) is 10.6. The Kier molecular flexibility index (Phi) is 7.99. The number of nitrogens with zero attached hydrogens (tertiary/aromatic N) is 4. The number of hydrogen-bond donors (Lipinski definition) is 1. The molecule has 0 bridgehead atoms. The van der Waals surface area contributed by atoms with E-state index in [1.54, 1.807) is 20.8 Å².